The molecule has 242 valence electrons. The molecule has 11 rings (SSSR count). The fraction of sp³-hybridized carbons (Fsp3) is 0. The largest absolute Gasteiger partial charge is 0.456 e. The average Bonchev–Trinajstić information content (AvgIpc) is 3.78. The maximum atomic E-state index is 6.67. The van der Waals surface area contributed by atoms with E-state index in [0.29, 0.717) is 5.82 Å². The van der Waals surface area contributed by atoms with Gasteiger partial charge < -0.3 is 4.42 Å². The van der Waals surface area contributed by atoms with Crippen LogP contribution in [0, 0.1) is 0 Å². The van der Waals surface area contributed by atoms with Crippen LogP contribution in [-0.2, 0) is 0 Å². The lowest BCUT2D eigenvalue weighted by molar-refractivity contribution is 0.669. The summed E-state index contributed by atoms with van der Waals surface area (Å²) in [6.45, 7) is 0. The highest BCUT2D eigenvalue weighted by molar-refractivity contribution is 7.26. The molecule has 11 aromatic rings. The van der Waals surface area contributed by atoms with Crippen LogP contribution in [0.1, 0.15) is 0 Å². The summed E-state index contributed by atoms with van der Waals surface area (Å²) in [5.41, 5.74) is 10.3. The van der Waals surface area contributed by atoms with Gasteiger partial charge in [-0.3, -0.25) is 0 Å². The number of hydrogen-bond donors (Lipinski definition) is 0. The lowest BCUT2D eigenvalue weighted by Crippen LogP contribution is -1.95. The minimum absolute atomic E-state index is 0.688. The van der Waals surface area contributed by atoms with Crippen LogP contribution in [-0.4, -0.2) is 9.97 Å². The van der Waals surface area contributed by atoms with Gasteiger partial charge >= 0.3 is 0 Å². The van der Waals surface area contributed by atoms with Gasteiger partial charge in [0.15, 0.2) is 5.82 Å². The molecule has 8 aromatic carbocycles. The summed E-state index contributed by atoms with van der Waals surface area (Å²) in [5, 5.41) is 8.06. The summed E-state index contributed by atoms with van der Waals surface area (Å²) < 4.78 is 8.96. The number of aromatic nitrogens is 2. The number of thiophene rings is 1. The minimum Gasteiger partial charge on any atom is -0.456 e. The lowest BCUT2D eigenvalue weighted by Gasteiger charge is -2.11. The van der Waals surface area contributed by atoms with Crippen LogP contribution in [0.5, 0.6) is 0 Å². The monoisotopic (exact) mass is 680 g/mol. The zero-order valence-electron chi connectivity index (χ0n) is 27.9. The molecule has 0 fully saturated rings. The van der Waals surface area contributed by atoms with Crippen LogP contribution >= 0.6 is 11.3 Å². The van der Waals surface area contributed by atoms with Gasteiger partial charge in [-0.25, -0.2) is 9.97 Å². The molecule has 4 heteroatoms. The third-order valence-electron chi connectivity index (χ3n) is 10.3. The van der Waals surface area contributed by atoms with Crippen LogP contribution in [0.15, 0.2) is 174 Å². The second-order valence-electron chi connectivity index (χ2n) is 13.3. The minimum atomic E-state index is 0.688. The Morgan fingerprint density at radius 2 is 1.08 bits per heavy atom. The molecule has 0 aliphatic carbocycles. The molecule has 0 amide bonds. The van der Waals surface area contributed by atoms with Crippen molar-refractivity contribution in [2.75, 3.05) is 0 Å². The molecule has 3 aromatic heterocycles. The fourth-order valence-corrected chi connectivity index (χ4v) is 8.89. The summed E-state index contributed by atoms with van der Waals surface area (Å²) in [6.07, 6.45) is 0. The van der Waals surface area contributed by atoms with Gasteiger partial charge in [0, 0.05) is 32.0 Å². The van der Waals surface area contributed by atoms with E-state index in [0.717, 1.165) is 76.3 Å². The van der Waals surface area contributed by atoms with Gasteiger partial charge in [0.25, 0.3) is 0 Å². The molecule has 52 heavy (non-hydrogen) atoms. The standard InChI is InChI=1S/C48H28N2OS/c1-2-10-29(11-3-1)35-24-25-38-41(27-35)51-42-28-40(36-14-6-7-15-37(36)44(38)42)48-49-45(47-46(50-48)39-16-8-9-17-43(39)52-47)32-21-18-31(19-22-32)34-23-20-30-12-4-5-13-33(30)26-34/h1-28H. The van der Waals surface area contributed by atoms with Gasteiger partial charge in [0.2, 0.25) is 0 Å². The zero-order valence-corrected chi connectivity index (χ0v) is 28.7. The Morgan fingerprint density at radius 3 is 1.94 bits per heavy atom. The molecule has 0 radical (unpaired) electrons. The summed E-state index contributed by atoms with van der Waals surface area (Å²) in [7, 11) is 0. The van der Waals surface area contributed by atoms with E-state index in [1.807, 2.05) is 6.07 Å². The number of hydrogen-bond acceptors (Lipinski definition) is 4. The number of rotatable bonds is 4. The maximum absolute atomic E-state index is 6.67. The molecular weight excluding hydrogens is 653 g/mol. The van der Waals surface area contributed by atoms with Crippen molar-refractivity contribution >= 4 is 75.1 Å². The van der Waals surface area contributed by atoms with Crippen molar-refractivity contribution in [3.05, 3.63) is 170 Å². The molecule has 0 bridgehead atoms. The second kappa shape index (κ2) is 11.5. The first-order chi connectivity index (χ1) is 25.7. The predicted octanol–water partition coefficient (Wildman–Crippen LogP) is 13.7. The van der Waals surface area contributed by atoms with Crippen LogP contribution < -0.4 is 0 Å². The van der Waals surface area contributed by atoms with Gasteiger partial charge in [-0.15, -0.1) is 11.3 Å². The molecule has 0 saturated heterocycles. The Morgan fingerprint density at radius 1 is 0.423 bits per heavy atom. The highest BCUT2D eigenvalue weighted by Gasteiger charge is 2.21. The molecule has 0 saturated carbocycles. The van der Waals surface area contributed by atoms with E-state index in [-0.39, 0.29) is 0 Å². The first-order valence-corrected chi connectivity index (χ1v) is 18.3. The zero-order chi connectivity index (χ0) is 34.2. The Balaban J connectivity index is 1.11. The van der Waals surface area contributed by atoms with Crippen molar-refractivity contribution < 1.29 is 4.42 Å². The number of benzene rings is 8. The van der Waals surface area contributed by atoms with E-state index in [1.54, 1.807) is 11.3 Å². The third-order valence-corrected chi connectivity index (χ3v) is 11.5. The molecule has 0 unspecified atom stereocenters. The molecule has 0 aliphatic rings. The maximum Gasteiger partial charge on any atom is 0.161 e. The average molecular weight is 681 g/mol. The Hall–Kier alpha value is -6.62. The molecule has 0 N–H and O–H groups in total. The molecule has 3 nitrogen and oxygen atoms in total. The summed E-state index contributed by atoms with van der Waals surface area (Å²) in [4.78, 5) is 10.7. The van der Waals surface area contributed by atoms with Crippen molar-refractivity contribution in [3.8, 4) is 44.9 Å². The number of nitrogens with zero attached hydrogens (tertiary/aromatic N) is 2. The van der Waals surface area contributed by atoms with E-state index >= 15 is 0 Å². The van der Waals surface area contributed by atoms with E-state index in [4.69, 9.17) is 14.4 Å². The molecule has 0 spiro atoms. The highest BCUT2D eigenvalue weighted by Crippen LogP contribution is 2.43. The van der Waals surface area contributed by atoms with Crippen LogP contribution in [0.25, 0.3) is 109 Å². The van der Waals surface area contributed by atoms with Crippen molar-refractivity contribution in [1.82, 2.24) is 9.97 Å². The SMILES string of the molecule is c1ccc(-c2ccc3c(c2)oc2cc(-c4nc(-c5ccc(-c6ccc7ccccc7c6)cc5)c5sc6ccccc6c5n4)c4ccccc4c23)cc1. The van der Waals surface area contributed by atoms with Gasteiger partial charge in [-0.05, 0) is 74.1 Å². The van der Waals surface area contributed by atoms with Crippen molar-refractivity contribution in [1.29, 1.82) is 0 Å². The number of fused-ring (bicyclic) bond motifs is 9. The fourth-order valence-electron chi connectivity index (χ4n) is 7.73. The first-order valence-electron chi connectivity index (χ1n) is 17.5. The molecule has 0 aliphatic heterocycles. The van der Waals surface area contributed by atoms with Crippen molar-refractivity contribution in [2.45, 2.75) is 0 Å². The van der Waals surface area contributed by atoms with Gasteiger partial charge in [-0.1, -0.05) is 140 Å². The van der Waals surface area contributed by atoms with E-state index < -0.39 is 0 Å². The lowest BCUT2D eigenvalue weighted by atomic mass is 9.97. The van der Waals surface area contributed by atoms with Gasteiger partial charge in [0.05, 0.1) is 15.9 Å². The van der Waals surface area contributed by atoms with E-state index in [9.17, 15) is 0 Å². The highest BCUT2D eigenvalue weighted by atomic mass is 32.1. The Bertz CT molecular complexity index is 3180. The Labute approximate surface area is 303 Å². The van der Waals surface area contributed by atoms with Gasteiger partial charge in [-0.2, -0.15) is 0 Å². The van der Waals surface area contributed by atoms with Gasteiger partial charge in [0.1, 0.15) is 11.2 Å². The van der Waals surface area contributed by atoms with Crippen LogP contribution in [0.4, 0.5) is 0 Å². The van der Waals surface area contributed by atoms with Crippen LogP contribution in [0.2, 0.25) is 0 Å². The topological polar surface area (TPSA) is 38.9 Å². The van der Waals surface area contributed by atoms with Crippen molar-refractivity contribution in [3.63, 3.8) is 0 Å². The molecular formula is C48H28N2OS. The van der Waals surface area contributed by atoms with E-state index in [2.05, 4.69) is 164 Å². The summed E-state index contributed by atoms with van der Waals surface area (Å²) in [5.74, 6) is 0.688. The van der Waals surface area contributed by atoms with Crippen LogP contribution in [0.3, 0.4) is 0 Å². The molecule has 3 heterocycles. The second-order valence-corrected chi connectivity index (χ2v) is 14.4. The normalized spacial score (nSPS) is 11.8. The van der Waals surface area contributed by atoms with E-state index in [1.165, 1.54) is 26.6 Å². The Kier molecular flexibility index (Phi) is 6.42. The van der Waals surface area contributed by atoms with Crippen molar-refractivity contribution in [2.24, 2.45) is 0 Å². The summed E-state index contributed by atoms with van der Waals surface area (Å²) in [6, 6.07) is 60.2. The summed E-state index contributed by atoms with van der Waals surface area (Å²) >= 11 is 1.75. The molecule has 0 atom stereocenters. The quantitative estimate of drug-likeness (QED) is 0.186. The third kappa shape index (κ3) is 4.58. The predicted molar refractivity (Wildman–Crippen MR) is 219 cm³/mol. The number of furan rings is 1. The first kappa shape index (κ1) is 29.1. The smallest absolute Gasteiger partial charge is 0.161 e.